The summed E-state index contributed by atoms with van der Waals surface area (Å²) in [6, 6.07) is 10.1. The molecule has 0 spiro atoms. The third-order valence-corrected chi connectivity index (χ3v) is 3.68. The van der Waals surface area contributed by atoms with Crippen molar-refractivity contribution in [3.8, 4) is 0 Å². The zero-order chi connectivity index (χ0) is 12.3. The van der Waals surface area contributed by atoms with Gasteiger partial charge in [-0.25, -0.2) is 4.98 Å². The molecule has 0 N–H and O–H groups in total. The summed E-state index contributed by atoms with van der Waals surface area (Å²) in [5.41, 5.74) is 1.22. The minimum Gasteiger partial charge on any atom is -0.380 e. The fourth-order valence-electron chi connectivity index (χ4n) is 1.15. The van der Waals surface area contributed by atoms with Gasteiger partial charge in [0, 0.05) is 18.7 Å². The van der Waals surface area contributed by atoms with Gasteiger partial charge in [0.05, 0.1) is 6.61 Å². The van der Waals surface area contributed by atoms with Gasteiger partial charge in [0.2, 0.25) is 0 Å². The van der Waals surface area contributed by atoms with E-state index < -0.39 is 0 Å². The molecule has 0 atom stereocenters. The summed E-state index contributed by atoms with van der Waals surface area (Å²) >= 11 is 3.49. The molecule has 2 nitrogen and oxygen atoms in total. The van der Waals surface area contributed by atoms with Crippen LogP contribution in [0.4, 0.5) is 0 Å². The average Bonchev–Trinajstić information content (AvgIpc) is 2.85. The maximum Gasteiger partial charge on any atom is 0.149 e. The number of rotatable bonds is 4. The lowest BCUT2D eigenvalue weighted by Gasteiger charge is -1.95. The van der Waals surface area contributed by atoms with Gasteiger partial charge in [-0.3, -0.25) is 0 Å². The highest BCUT2D eigenvalue weighted by Crippen LogP contribution is 2.18. The summed E-state index contributed by atoms with van der Waals surface area (Å²) in [6.07, 6.45) is 1.84. The van der Waals surface area contributed by atoms with Gasteiger partial charge in [-0.2, -0.15) is 0 Å². The lowest BCUT2D eigenvalue weighted by Crippen LogP contribution is -1.84. The van der Waals surface area contributed by atoms with E-state index in [4.69, 9.17) is 4.74 Å². The van der Waals surface area contributed by atoms with E-state index in [1.807, 2.05) is 41.9 Å². The molecule has 0 aliphatic heterocycles. The van der Waals surface area contributed by atoms with Gasteiger partial charge in [0.25, 0.3) is 0 Å². The minimum absolute atomic E-state index is 0.709. The smallest absolute Gasteiger partial charge is 0.149 e. The number of hydrogen-bond acceptors (Lipinski definition) is 4. The Balaban J connectivity index is 0.000000171. The van der Waals surface area contributed by atoms with E-state index in [1.165, 1.54) is 9.90 Å². The lowest BCUT2D eigenvalue weighted by molar-refractivity contribution is 0.185. The highest BCUT2D eigenvalue weighted by molar-refractivity contribution is 8.00. The SMILES string of the molecule is CCSc1nccs1.COCc1ccccc1. The Kier molecular flexibility index (Phi) is 7.71. The molecule has 0 unspecified atom stereocenters. The van der Waals surface area contributed by atoms with Crippen LogP contribution < -0.4 is 0 Å². The van der Waals surface area contributed by atoms with E-state index >= 15 is 0 Å². The lowest BCUT2D eigenvalue weighted by atomic mass is 10.2. The molecule has 4 heteroatoms. The Morgan fingerprint density at radius 3 is 2.59 bits per heavy atom. The van der Waals surface area contributed by atoms with Gasteiger partial charge >= 0.3 is 0 Å². The molecule has 1 heterocycles. The Hall–Kier alpha value is -0.840. The molecular formula is C13H17NOS2. The summed E-state index contributed by atoms with van der Waals surface area (Å²) in [5, 5.41) is 2.00. The zero-order valence-corrected chi connectivity index (χ0v) is 11.8. The Labute approximate surface area is 111 Å². The van der Waals surface area contributed by atoms with Gasteiger partial charge in [0.15, 0.2) is 0 Å². The average molecular weight is 267 g/mol. The number of ether oxygens (including phenoxy) is 1. The third-order valence-electron chi connectivity index (χ3n) is 1.83. The number of nitrogens with zero attached hydrogens (tertiary/aromatic N) is 1. The van der Waals surface area contributed by atoms with Crippen LogP contribution >= 0.6 is 23.1 Å². The predicted molar refractivity (Wildman–Crippen MR) is 75.7 cm³/mol. The third kappa shape index (κ3) is 6.46. The summed E-state index contributed by atoms with van der Waals surface area (Å²) < 4.78 is 6.10. The molecule has 1 aromatic carbocycles. The molecule has 0 aliphatic rings. The van der Waals surface area contributed by atoms with Crippen molar-refractivity contribution in [1.82, 2.24) is 4.98 Å². The van der Waals surface area contributed by atoms with E-state index in [0.717, 1.165) is 5.75 Å². The Morgan fingerprint density at radius 1 is 1.29 bits per heavy atom. The molecule has 0 bridgehead atoms. The first-order valence-corrected chi connectivity index (χ1v) is 7.28. The second kappa shape index (κ2) is 9.22. The number of aromatic nitrogens is 1. The van der Waals surface area contributed by atoms with Crippen LogP contribution in [0.15, 0.2) is 46.2 Å². The van der Waals surface area contributed by atoms with Crippen LogP contribution in [0.3, 0.4) is 0 Å². The zero-order valence-electron chi connectivity index (χ0n) is 10.1. The maximum atomic E-state index is 4.93. The van der Waals surface area contributed by atoms with Crippen molar-refractivity contribution < 1.29 is 4.74 Å². The first kappa shape index (κ1) is 14.2. The minimum atomic E-state index is 0.709. The van der Waals surface area contributed by atoms with Crippen molar-refractivity contribution in [2.75, 3.05) is 12.9 Å². The van der Waals surface area contributed by atoms with E-state index in [9.17, 15) is 0 Å². The predicted octanol–water partition coefficient (Wildman–Crippen LogP) is 4.09. The number of benzene rings is 1. The molecule has 0 saturated carbocycles. The molecule has 17 heavy (non-hydrogen) atoms. The molecular weight excluding hydrogens is 250 g/mol. The summed E-state index contributed by atoms with van der Waals surface area (Å²) in [6.45, 7) is 2.84. The summed E-state index contributed by atoms with van der Waals surface area (Å²) in [4.78, 5) is 4.09. The molecule has 0 fully saturated rings. The molecule has 1 aromatic heterocycles. The van der Waals surface area contributed by atoms with Gasteiger partial charge in [0.1, 0.15) is 4.34 Å². The van der Waals surface area contributed by atoms with E-state index in [-0.39, 0.29) is 0 Å². The second-order valence-corrected chi connectivity index (χ2v) is 5.56. The molecule has 0 amide bonds. The summed E-state index contributed by atoms with van der Waals surface area (Å²) in [5.74, 6) is 1.12. The van der Waals surface area contributed by atoms with Crippen molar-refractivity contribution in [3.05, 3.63) is 47.5 Å². The molecule has 0 radical (unpaired) electrons. The second-order valence-electron chi connectivity index (χ2n) is 3.15. The van der Waals surface area contributed by atoms with Crippen molar-refractivity contribution >= 4 is 23.1 Å². The first-order valence-electron chi connectivity index (χ1n) is 5.42. The topological polar surface area (TPSA) is 22.1 Å². The van der Waals surface area contributed by atoms with Crippen LogP contribution in [-0.2, 0) is 11.3 Å². The Bertz CT molecular complexity index is 376. The fourth-order valence-corrected chi connectivity index (χ4v) is 2.68. The molecule has 0 saturated heterocycles. The van der Waals surface area contributed by atoms with Crippen LogP contribution in [0, 0.1) is 0 Å². The number of methoxy groups -OCH3 is 1. The Morgan fingerprint density at radius 2 is 2.06 bits per heavy atom. The number of hydrogen-bond donors (Lipinski definition) is 0. The van der Waals surface area contributed by atoms with Crippen LogP contribution in [0.5, 0.6) is 0 Å². The maximum absolute atomic E-state index is 4.93. The van der Waals surface area contributed by atoms with Gasteiger partial charge in [-0.15, -0.1) is 11.3 Å². The van der Waals surface area contributed by atoms with Crippen LogP contribution in [0.25, 0.3) is 0 Å². The van der Waals surface area contributed by atoms with Crippen molar-refractivity contribution in [2.45, 2.75) is 17.9 Å². The van der Waals surface area contributed by atoms with Crippen LogP contribution in [0.2, 0.25) is 0 Å². The van der Waals surface area contributed by atoms with E-state index in [2.05, 4.69) is 11.9 Å². The monoisotopic (exact) mass is 267 g/mol. The normalized spacial score (nSPS) is 9.53. The highest BCUT2D eigenvalue weighted by Gasteiger charge is 1.89. The fraction of sp³-hybridized carbons (Fsp3) is 0.308. The molecule has 0 aliphatic carbocycles. The van der Waals surface area contributed by atoms with Crippen molar-refractivity contribution in [2.24, 2.45) is 0 Å². The molecule has 92 valence electrons. The van der Waals surface area contributed by atoms with Crippen molar-refractivity contribution in [3.63, 3.8) is 0 Å². The van der Waals surface area contributed by atoms with Crippen LogP contribution in [-0.4, -0.2) is 17.8 Å². The van der Waals surface area contributed by atoms with E-state index in [1.54, 1.807) is 30.2 Å². The number of thioether (sulfide) groups is 1. The van der Waals surface area contributed by atoms with Crippen molar-refractivity contribution in [1.29, 1.82) is 0 Å². The van der Waals surface area contributed by atoms with Gasteiger partial charge < -0.3 is 4.74 Å². The summed E-state index contributed by atoms with van der Waals surface area (Å²) in [7, 11) is 1.70. The highest BCUT2D eigenvalue weighted by atomic mass is 32.2. The number of thiazole rings is 1. The quantitative estimate of drug-likeness (QED) is 0.779. The van der Waals surface area contributed by atoms with Gasteiger partial charge in [-0.05, 0) is 11.3 Å². The molecule has 2 aromatic rings. The largest absolute Gasteiger partial charge is 0.380 e. The van der Waals surface area contributed by atoms with Gasteiger partial charge in [-0.1, -0.05) is 49.0 Å². The van der Waals surface area contributed by atoms with Crippen LogP contribution in [0.1, 0.15) is 12.5 Å². The molecule has 2 rings (SSSR count). The van der Waals surface area contributed by atoms with E-state index in [0.29, 0.717) is 6.61 Å². The first-order chi connectivity index (χ1) is 8.36. The standard InChI is InChI=1S/C8H10O.C5H7NS2/c1-9-7-8-5-3-2-4-6-8;1-2-7-5-6-3-4-8-5/h2-6H,7H2,1H3;3-4H,2H2,1H3.